The van der Waals surface area contributed by atoms with Crippen molar-refractivity contribution in [1.82, 2.24) is 5.16 Å². The molecule has 0 aliphatic carbocycles. The van der Waals surface area contributed by atoms with E-state index >= 15 is 0 Å². The summed E-state index contributed by atoms with van der Waals surface area (Å²) in [4.78, 5) is 0. The van der Waals surface area contributed by atoms with Gasteiger partial charge in [0.1, 0.15) is 23.9 Å². The molecule has 1 aromatic heterocycles. The maximum Gasteiger partial charge on any atom is 0.140 e. The van der Waals surface area contributed by atoms with Gasteiger partial charge in [0.25, 0.3) is 0 Å². The van der Waals surface area contributed by atoms with Crippen LogP contribution < -0.4 is 10.5 Å². The zero-order chi connectivity index (χ0) is 14.0. The first kappa shape index (κ1) is 13.5. The first-order chi connectivity index (χ1) is 8.99. The van der Waals surface area contributed by atoms with Gasteiger partial charge in [0.05, 0.1) is 11.3 Å². The van der Waals surface area contributed by atoms with Crippen LogP contribution in [0, 0.1) is 19.7 Å². The van der Waals surface area contributed by atoms with E-state index in [0.29, 0.717) is 17.9 Å². The fourth-order valence-electron chi connectivity index (χ4n) is 1.86. The Labute approximate surface area is 111 Å². The molecular weight excluding hydrogens is 247 g/mol. The Kier molecular flexibility index (Phi) is 3.85. The Balaban J connectivity index is 2.20. The molecule has 2 N–H and O–H groups in total. The molecular formula is C14H17FN2O2. The highest BCUT2D eigenvalue weighted by Gasteiger charge is 2.13. The Morgan fingerprint density at radius 3 is 2.74 bits per heavy atom. The Hall–Kier alpha value is -1.88. The van der Waals surface area contributed by atoms with Gasteiger partial charge in [0, 0.05) is 11.6 Å². The number of ether oxygens (including phenoxy) is 1. The van der Waals surface area contributed by atoms with Crippen molar-refractivity contribution >= 4 is 0 Å². The molecule has 0 fully saturated rings. The summed E-state index contributed by atoms with van der Waals surface area (Å²) in [6.45, 7) is 5.80. The van der Waals surface area contributed by atoms with Crippen molar-refractivity contribution < 1.29 is 13.7 Å². The summed E-state index contributed by atoms with van der Waals surface area (Å²) in [6.07, 6.45) is 0. The van der Waals surface area contributed by atoms with Crippen molar-refractivity contribution in [2.75, 3.05) is 0 Å². The molecule has 0 saturated carbocycles. The van der Waals surface area contributed by atoms with Crippen LogP contribution in [-0.4, -0.2) is 5.16 Å². The number of halogens is 1. The van der Waals surface area contributed by atoms with Gasteiger partial charge in [-0.1, -0.05) is 5.16 Å². The predicted octanol–water partition coefficient (Wildman–Crippen LogP) is 3.03. The monoisotopic (exact) mass is 264 g/mol. The van der Waals surface area contributed by atoms with Gasteiger partial charge in [-0.15, -0.1) is 0 Å². The molecule has 1 atom stereocenters. The van der Waals surface area contributed by atoms with Crippen molar-refractivity contribution in [2.24, 2.45) is 5.73 Å². The van der Waals surface area contributed by atoms with E-state index in [0.717, 1.165) is 17.0 Å². The van der Waals surface area contributed by atoms with Crippen LogP contribution in [0.2, 0.25) is 0 Å². The fourth-order valence-corrected chi connectivity index (χ4v) is 1.86. The fraction of sp³-hybridized carbons (Fsp3) is 0.357. The van der Waals surface area contributed by atoms with Crippen LogP contribution in [0.5, 0.6) is 5.75 Å². The summed E-state index contributed by atoms with van der Waals surface area (Å²) in [5, 5.41) is 3.86. The lowest BCUT2D eigenvalue weighted by Crippen LogP contribution is -2.09. The second-order valence-corrected chi connectivity index (χ2v) is 4.56. The van der Waals surface area contributed by atoms with E-state index < -0.39 is 0 Å². The number of hydrogen-bond acceptors (Lipinski definition) is 4. The van der Waals surface area contributed by atoms with Crippen LogP contribution in [0.25, 0.3) is 0 Å². The maximum atomic E-state index is 13.2. The van der Waals surface area contributed by atoms with E-state index in [9.17, 15) is 4.39 Å². The molecule has 0 spiro atoms. The van der Waals surface area contributed by atoms with Crippen LogP contribution in [0.3, 0.4) is 0 Å². The van der Waals surface area contributed by atoms with E-state index in [4.69, 9.17) is 15.0 Å². The van der Waals surface area contributed by atoms with E-state index in [1.54, 1.807) is 13.0 Å². The Bertz CT molecular complexity index is 559. The highest BCUT2D eigenvalue weighted by atomic mass is 19.1. The topological polar surface area (TPSA) is 61.3 Å². The van der Waals surface area contributed by atoms with Crippen molar-refractivity contribution in [3.8, 4) is 5.75 Å². The molecule has 0 bridgehead atoms. The molecule has 0 aliphatic rings. The number of hydrogen-bond donors (Lipinski definition) is 1. The lowest BCUT2D eigenvalue weighted by atomic mass is 10.1. The van der Waals surface area contributed by atoms with Gasteiger partial charge in [0.2, 0.25) is 0 Å². The minimum Gasteiger partial charge on any atom is -0.488 e. The smallest absolute Gasteiger partial charge is 0.140 e. The summed E-state index contributed by atoms with van der Waals surface area (Å²) < 4.78 is 24.0. The summed E-state index contributed by atoms with van der Waals surface area (Å²) in [6, 6.07) is 4.05. The molecule has 0 amide bonds. The Morgan fingerprint density at radius 1 is 1.42 bits per heavy atom. The van der Waals surface area contributed by atoms with Gasteiger partial charge in [-0.2, -0.15) is 0 Å². The molecule has 1 unspecified atom stereocenters. The van der Waals surface area contributed by atoms with Gasteiger partial charge in [0.15, 0.2) is 0 Å². The molecule has 2 aromatic rings. The second kappa shape index (κ2) is 5.40. The van der Waals surface area contributed by atoms with Crippen molar-refractivity contribution in [2.45, 2.75) is 33.4 Å². The first-order valence-electron chi connectivity index (χ1n) is 6.08. The average molecular weight is 264 g/mol. The van der Waals surface area contributed by atoms with Gasteiger partial charge >= 0.3 is 0 Å². The summed E-state index contributed by atoms with van der Waals surface area (Å²) in [5.74, 6) is 0.982. The normalized spacial score (nSPS) is 12.5. The second-order valence-electron chi connectivity index (χ2n) is 4.56. The van der Waals surface area contributed by atoms with Crippen molar-refractivity contribution in [1.29, 1.82) is 0 Å². The van der Waals surface area contributed by atoms with E-state index in [-0.39, 0.29) is 11.9 Å². The lowest BCUT2D eigenvalue weighted by Gasteiger charge is -2.14. The number of rotatable bonds is 4. The quantitative estimate of drug-likeness (QED) is 0.922. The number of nitrogens with zero attached hydrogens (tertiary/aromatic N) is 1. The SMILES string of the molecule is Cc1noc(C)c1COc1ccc(F)cc1C(C)N. The third-order valence-corrected chi connectivity index (χ3v) is 3.02. The number of aromatic nitrogens is 1. The Morgan fingerprint density at radius 2 is 2.16 bits per heavy atom. The van der Waals surface area contributed by atoms with Crippen LogP contribution in [0.15, 0.2) is 22.7 Å². The van der Waals surface area contributed by atoms with Gasteiger partial charge in [-0.3, -0.25) is 0 Å². The van der Waals surface area contributed by atoms with E-state index in [1.807, 2.05) is 13.8 Å². The predicted molar refractivity (Wildman–Crippen MR) is 69.3 cm³/mol. The van der Waals surface area contributed by atoms with E-state index in [1.165, 1.54) is 12.1 Å². The summed E-state index contributed by atoms with van der Waals surface area (Å²) >= 11 is 0. The minimum absolute atomic E-state index is 0.296. The molecule has 0 saturated heterocycles. The zero-order valence-corrected chi connectivity index (χ0v) is 11.2. The van der Waals surface area contributed by atoms with Crippen LogP contribution >= 0.6 is 0 Å². The molecule has 2 rings (SSSR count). The number of benzene rings is 1. The van der Waals surface area contributed by atoms with Crippen LogP contribution in [-0.2, 0) is 6.61 Å². The van der Waals surface area contributed by atoms with E-state index in [2.05, 4.69) is 5.16 Å². The van der Waals surface area contributed by atoms with Crippen molar-refractivity contribution in [3.63, 3.8) is 0 Å². The summed E-state index contributed by atoms with van der Waals surface area (Å²) in [7, 11) is 0. The highest BCUT2D eigenvalue weighted by Crippen LogP contribution is 2.26. The van der Waals surface area contributed by atoms with Crippen LogP contribution in [0.1, 0.15) is 35.5 Å². The number of aryl methyl sites for hydroxylation is 2. The highest BCUT2D eigenvalue weighted by molar-refractivity contribution is 5.36. The average Bonchev–Trinajstić information content (AvgIpc) is 2.68. The lowest BCUT2D eigenvalue weighted by molar-refractivity contribution is 0.296. The third kappa shape index (κ3) is 2.93. The zero-order valence-electron chi connectivity index (χ0n) is 11.2. The van der Waals surface area contributed by atoms with Crippen molar-refractivity contribution in [3.05, 3.63) is 46.6 Å². The molecule has 1 aromatic carbocycles. The van der Waals surface area contributed by atoms with Crippen LogP contribution in [0.4, 0.5) is 4.39 Å². The molecule has 4 nitrogen and oxygen atoms in total. The molecule has 5 heteroatoms. The van der Waals surface area contributed by atoms with Gasteiger partial charge in [-0.05, 0) is 39.0 Å². The largest absolute Gasteiger partial charge is 0.488 e. The van der Waals surface area contributed by atoms with Gasteiger partial charge in [-0.25, -0.2) is 4.39 Å². The van der Waals surface area contributed by atoms with Gasteiger partial charge < -0.3 is 15.0 Å². The standard InChI is InChI=1S/C14H17FN2O2/c1-8(16)12-6-11(15)4-5-14(12)18-7-13-9(2)17-19-10(13)3/h4-6,8H,7,16H2,1-3H3. The first-order valence-corrected chi connectivity index (χ1v) is 6.08. The minimum atomic E-state index is -0.322. The number of nitrogens with two attached hydrogens (primary N) is 1. The molecule has 102 valence electrons. The molecule has 19 heavy (non-hydrogen) atoms. The molecule has 0 aliphatic heterocycles. The molecule has 0 radical (unpaired) electrons. The maximum absolute atomic E-state index is 13.2. The third-order valence-electron chi connectivity index (χ3n) is 3.02. The summed E-state index contributed by atoms with van der Waals surface area (Å²) in [5.41, 5.74) is 8.16. The molecule has 1 heterocycles.